The topological polar surface area (TPSA) is 104 Å². The Kier molecular flexibility index (Phi) is 10.1. The van der Waals surface area contributed by atoms with Crippen LogP contribution < -0.4 is 9.46 Å². The van der Waals surface area contributed by atoms with Crippen molar-refractivity contribution in [2.45, 2.75) is 62.8 Å². The van der Waals surface area contributed by atoms with Crippen molar-refractivity contribution in [3.63, 3.8) is 0 Å². The number of aliphatic imine (C=N–C) groups is 1. The van der Waals surface area contributed by atoms with Gasteiger partial charge in [0.15, 0.2) is 0 Å². The number of hydrogen-bond donors (Lipinski definition) is 1. The number of para-hydroxylation sites is 1. The fourth-order valence-corrected chi connectivity index (χ4v) is 7.30. The summed E-state index contributed by atoms with van der Waals surface area (Å²) in [4.78, 5) is 26.5. The van der Waals surface area contributed by atoms with E-state index >= 15 is 0 Å². The van der Waals surface area contributed by atoms with Gasteiger partial charge >= 0.3 is 0 Å². The number of anilines is 1. The SMILES string of the molecule is CC=Nc1c(C2CCCCCC2)cccc1S(=O)(=O)Nc1ccc(C(=O)N2CCN(Cc3ncccc3OC)CC2)cc1. The molecule has 2 fully saturated rings. The predicted octanol–water partition coefficient (Wildman–Crippen LogP) is 6.01. The number of amides is 1. The lowest BCUT2D eigenvalue weighted by Crippen LogP contribution is -2.48. The first-order valence-electron chi connectivity index (χ1n) is 15.1. The molecule has 1 amide bonds. The van der Waals surface area contributed by atoms with Crippen LogP contribution in [0.2, 0.25) is 0 Å². The van der Waals surface area contributed by atoms with Crippen molar-refractivity contribution < 1.29 is 17.9 Å². The number of carbonyl (C=O) groups excluding carboxylic acids is 1. The second-order valence-electron chi connectivity index (χ2n) is 11.2. The maximum absolute atomic E-state index is 13.6. The van der Waals surface area contributed by atoms with E-state index in [0.29, 0.717) is 42.5 Å². The van der Waals surface area contributed by atoms with Crippen LogP contribution in [-0.2, 0) is 16.6 Å². The van der Waals surface area contributed by atoms with Crippen LogP contribution in [0.25, 0.3) is 0 Å². The first-order valence-corrected chi connectivity index (χ1v) is 16.6. The zero-order valence-electron chi connectivity index (χ0n) is 25.0. The molecule has 3 aromatic rings. The van der Waals surface area contributed by atoms with E-state index in [9.17, 15) is 13.2 Å². The molecule has 2 aliphatic rings. The van der Waals surface area contributed by atoms with Crippen molar-refractivity contribution in [1.29, 1.82) is 0 Å². The van der Waals surface area contributed by atoms with Gasteiger partial charge in [-0.3, -0.25) is 24.4 Å². The number of sulfonamides is 1. The normalized spacial score (nSPS) is 17.1. The van der Waals surface area contributed by atoms with Crippen LogP contribution in [0.1, 0.15) is 73.0 Å². The van der Waals surface area contributed by atoms with Gasteiger partial charge in [0.25, 0.3) is 15.9 Å². The number of rotatable bonds is 9. The summed E-state index contributed by atoms with van der Waals surface area (Å²) in [5.41, 5.74) is 3.33. The Bertz CT molecular complexity index is 1530. The molecule has 0 radical (unpaired) electrons. The quantitative estimate of drug-likeness (QED) is 0.237. The number of nitrogens with one attached hydrogen (secondary N) is 1. The van der Waals surface area contributed by atoms with E-state index in [4.69, 9.17) is 4.74 Å². The summed E-state index contributed by atoms with van der Waals surface area (Å²) in [6.07, 6.45) is 10.3. The second kappa shape index (κ2) is 14.1. The van der Waals surface area contributed by atoms with Gasteiger partial charge in [-0.1, -0.05) is 37.8 Å². The van der Waals surface area contributed by atoms with Crippen molar-refractivity contribution >= 4 is 33.5 Å². The number of carbonyl (C=O) groups is 1. The number of pyridine rings is 1. The molecule has 43 heavy (non-hydrogen) atoms. The fraction of sp³-hybridized carbons (Fsp3) is 0.424. The second-order valence-corrected chi connectivity index (χ2v) is 12.8. The molecule has 2 heterocycles. The molecular weight excluding hydrogens is 562 g/mol. The highest BCUT2D eigenvalue weighted by Crippen LogP contribution is 2.40. The van der Waals surface area contributed by atoms with Gasteiger partial charge < -0.3 is 9.64 Å². The van der Waals surface area contributed by atoms with Crippen molar-refractivity contribution in [2.24, 2.45) is 4.99 Å². The highest BCUT2D eigenvalue weighted by Gasteiger charge is 2.26. The van der Waals surface area contributed by atoms with Crippen molar-refractivity contribution in [3.8, 4) is 5.75 Å². The molecule has 1 aliphatic heterocycles. The molecular formula is C33H41N5O4S. The van der Waals surface area contributed by atoms with E-state index in [0.717, 1.165) is 55.8 Å². The summed E-state index contributed by atoms with van der Waals surface area (Å²) in [6.45, 7) is 5.12. The van der Waals surface area contributed by atoms with Crippen molar-refractivity contribution in [1.82, 2.24) is 14.8 Å². The number of ether oxygens (including phenoxy) is 1. The highest BCUT2D eigenvalue weighted by atomic mass is 32.2. The van der Waals surface area contributed by atoms with Crippen LogP contribution in [0.5, 0.6) is 5.75 Å². The Hall–Kier alpha value is -3.76. The summed E-state index contributed by atoms with van der Waals surface area (Å²) in [5.74, 6) is 1.000. The summed E-state index contributed by atoms with van der Waals surface area (Å²) in [5, 5.41) is 0. The van der Waals surface area contributed by atoms with Crippen LogP contribution in [-0.4, -0.2) is 68.6 Å². The van der Waals surface area contributed by atoms with E-state index in [1.54, 1.807) is 56.8 Å². The predicted molar refractivity (Wildman–Crippen MR) is 170 cm³/mol. The minimum atomic E-state index is -3.91. The van der Waals surface area contributed by atoms with Crippen LogP contribution in [0.15, 0.2) is 70.7 Å². The zero-order valence-corrected chi connectivity index (χ0v) is 25.9. The molecule has 0 unspecified atom stereocenters. The summed E-state index contributed by atoms with van der Waals surface area (Å²) in [7, 11) is -2.26. The van der Waals surface area contributed by atoms with Gasteiger partial charge in [0.05, 0.1) is 18.5 Å². The maximum Gasteiger partial charge on any atom is 0.264 e. The van der Waals surface area contributed by atoms with Gasteiger partial charge in [0.2, 0.25) is 0 Å². The van der Waals surface area contributed by atoms with Gasteiger partial charge in [0.1, 0.15) is 10.6 Å². The third-order valence-electron chi connectivity index (χ3n) is 8.36. The number of hydrogen-bond acceptors (Lipinski definition) is 7. The Labute approximate surface area is 255 Å². The standard InChI is InChI=1S/C33H41N5O4S/c1-3-34-32-28(25-10-6-4-5-7-11-25)12-8-14-31(32)43(40,41)36-27-17-15-26(16-18-27)33(39)38-22-20-37(21-23-38)24-29-30(42-2)13-9-19-35-29/h3,8-9,12-19,25,36H,4-7,10-11,20-24H2,1-2H3. The minimum absolute atomic E-state index is 0.0693. The summed E-state index contributed by atoms with van der Waals surface area (Å²) < 4.78 is 35.3. The van der Waals surface area contributed by atoms with E-state index in [-0.39, 0.29) is 10.8 Å². The maximum atomic E-state index is 13.6. The molecule has 10 heteroatoms. The Morgan fingerprint density at radius 1 is 1.00 bits per heavy atom. The van der Waals surface area contributed by atoms with E-state index in [1.165, 1.54) is 12.8 Å². The summed E-state index contributed by atoms with van der Waals surface area (Å²) >= 11 is 0. The van der Waals surface area contributed by atoms with Crippen LogP contribution in [0.3, 0.4) is 0 Å². The minimum Gasteiger partial charge on any atom is -0.495 e. The molecule has 1 saturated carbocycles. The van der Waals surface area contributed by atoms with E-state index in [1.807, 2.05) is 29.2 Å². The lowest BCUT2D eigenvalue weighted by molar-refractivity contribution is 0.0626. The number of piperazine rings is 1. The molecule has 1 N–H and O–H groups in total. The fourth-order valence-electron chi connectivity index (χ4n) is 6.07. The van der Waals surface area contributed by atoms with Gasteiger partial charge in [-0.2, -0.15) is 0 Å². The average Bonchev–Trinajstić information content (AvgIpc) is 3.31. The molecule has 1 aliphatic carbocycles. The van der Waals surface area contributed by atoms with E-state index in [2.05, 4.69) is 19.6 Å². The molecule has 5 rings (SSSR count). The number of nitrogens with zero attached hydrogens (tertiary/aromatic N) is 4. The van der Waals surface area contributed by atoms with Crippen LogP contribution in [0.4, 0.5) is 11.4 Å². The first kappa shape index (κ1) is 30.7. The zero-order chi connectivity index (χ0) is 30.2. The van der Waals surface area contributed by atoms with Gasteiger partial charge in [0, 0.05) is 56.4 Å². The largest absolute Gasteiger partial charge is 0.495 e. The molecule has 0 atom stereocenters. The van der Waals surface area contributed by atoms with E-state index < -0.39 is 10.0 Å². The molecule has 0 bridgehead atoms. The first-order chi connectivity index (χ1) is 20.9. The molecule has 9 nitrogen and oxygen atoms in total. The average molecular weight is 604 g/mol. The van der Waals surface area contributed by atoms with Gasteiger partial charge in [-0.15, -0.1) is 0 Å². The Morgan fingerprint density at radius 2 is 1.72 bits per heavy atom. The highest BCUT2D eigenvalue weighted by molar-refractivity contribution is 7.92. The summed E-state index contributed by atoms with van der Waals surface area (Å²) in [6, 6.07) is 15.9. The molecule has 0 spiro atoms. The Morgan fingerprint density at radius 3 is 2.40 bits per heavy atom. The van der Waals surface area contributed by atoms with Gasteiger partial charge in [-0.25, -0.2) is 8.42 Å². The third kappa shape index (κ3) is 7.43. The smallest absolute Gasteiger partial charge is 0.264 e. The lowest BCUT2D eigenvalue weighted by atomic mass is 9.90. The third-order valence-corrected chi connectivity index (χ3v) is 9.77. The van der Waals surface area contributed by atoms with Gasteiger partial charge in [-0.05, 0) is 73.7 Å². The number of methoxy groups -OCH3 is 1. The molecule has 2 aromatic carbocycles. The number of benzene rings is 2. The molecule has 1 aromatic heterocycles. The molecule has 228 valence electrons. The van der Waals surface area contributed by atoms with Crippen LogP contribution in [0, 0.1) is 0 Å². The number of aromatic nitrogens is 1. The molecule has 1 saturated heterocycles. The Balaban J connectivity index is 1.24. The monoisotopic (exact) mass is 603 g/mol. The lowest BCUT2D eigenvalue weighted by Gasteiger charge is -2.34. The van der Waals surface area contributed by atoms with Crippen molar-refractivity contribution in [2.75, 3.05) is 38.0 Å². The van der Waals surface area contributed by atoms with Crippen LogP contribution >= 0.6 is 0 Å². The van der Waals surface area contributed by atoms with Crippen molar-refractivity contribution in [3.05, 3.63) is 77.6 Å².